The summed E-state index contributed by atoms with van der Waals surface area (Å²) in [6, 6.07) is 7.52. The van der Waals surface area contributed by atoms with Crippen LogP contribution in [0, 0.1) is 5.21 Å². The number of fused-ring (bicyclic) bond motifs is 1. The first-order valence-corrected chi connectivity index (χ1v) is 4.47. The lowest BCUT2D eigenvalue weighted by atomic mass is 10.2. The molecular formula is C11H8N2O. The van der Waals surface area contributed by atoms with Crippen LogP contribution in [0.1, 0.15) is 0 Å². The van der Waals surface area contributed by atoms with E-state index in [1.165, 1.54) is 0 Å². The average Bonchev–Trinajstić information content (AvgIpc) is 2.77. The Labute approximate surface area is 80.6 Å². The van der Waals surface area contributed by atoms with Crippen LogP contribution in [0.15, 0.2) is 41.4 Å². The van der Waals surface area contributed by atoms with Crippen molar-refractivity contribution in [3.05, 3.63) is 52.2 Å². The van der Waals surface area contributed by atoms with Crippen LogP contribution in [0.3, 0.4) is 0 Å². The molecule has 1 unspecified atom stereocenters. The van der Waals surface area contributed by atoms with Gasteiger partial charge < -0.3 is 5.21 Å². The van der Waals surface area contributed by atoms with Gasteiger partial charge in [-0.05, 0) is 12.1 Å². The molecule has 0 aromatic heterocycles. The van der Waals surface area contributed by atoms with Crippen molar-refractivity contribution in [1.29, 1.82) is 0 Å². The number of benzene rings is 1. The molecule has 0 saturated carbocycles. The molecule has 0 N–H and O–H groups in total. The maximum Gasteiger partial charge on any atom is 0.306 e. The van der Waals surface area contributed by atoms with E-state index in [1.807, 2.05) is 30.3 Å². The molecule has 0 bridgehead atoms. The zero-order valence-corrected chi connectivity index (χ0v) is 7.42. The smallest absolute Gasteiger partial charge is 0.306 e. The first kappa shape index (κ1) is 7.50. The molecule has 1 atom stereocenters. The fourth-order valence-electron chi connectivity index (χ4n) is 1.87. The Bertz CT molecular complexity index is 557. The molecule has 3 heteroatoms. The van der Waals surface area contributed by atoms with Crippen LogP contribution in [0.5, 0.6) is 0 Å². The monoisotopic (exact) mass is 184 g/mol. The number of allylic oxidation sites excluding steroid dienone is 1. The summed E-state index contributed by atoms with van der Waals surface area (Å²) in [4.78, 5) is 4.18. The normalized spacial score (nSPS) is 27.0. The predicted molar refractivity (Wildman–Crippen MR) is 55.1 cm³/mol. The molecule has 2 heterocycles. The van der Waals surface area contributed by atoms with Crippen molar-refractivity contribution < 1.29 is 0 Å². The first-order valence-electron chi connectivity index (χ1n) is 4.47. The van der Waals surface area contributed by atoms with Gasteiger partial charge in [0.2, 0.25) is 5.36 Å². The summed E-state index contributed by atoms with van der Waals surface area (Å²) in [7, 11) is 0. The summed E-state index contributed by atoms with van der Waals surface area (Å²) in [5.74, 6) is 0. The highest BCUT2D eigenvalue weighted by Gasteiger charge is 2.37. The fraction of sp³-hybridized carbons (Fsp3) is 0.0909. The molecule has 14 heavy (non-hydrogen) atoms. The standard InChI is InChI=1S/C11H8N2O/c14-13-10-5-2-1-4-9(10)8-11(13)6-3-7-12-11/h1-8H. The number of rotatable bonds is 0. The second-order valence-electron chi connectivity index (χ2n) is 3.42. The lowest BCUT2D eigenvalue weighted by Crippen LogP contribution is -2.39. The van der Waals surface area contributed by atoms with Gasteiger partial charge in [-0.1, -0.05) is 12.1 Å². The van der Waals surface area contributed by atoms with E-state index in [9.17, 15) is 5.21 Å². The van der Waals surface area contributed by atoms with Gasteiger partial charge in [0.1, 0.15) is 0 Å². The lowest BCUT2D eigenvalue weighted by molar-refractivity contribution is 0.556. The summed E-state index contributed by atoms with van der Waals surface area (Å²) >= 11 is 0. The van der Waals surface area contributed by atoms with Gasteiger partial charge in [-0.25, -0.2) is 4.99 Å². The van der Waals surface area contributed by atoms with Crippen molar-refractivity contribution in [3.8, 4) is 0 Å². The topological polar surface area (TPSA) is 38.4 Å². The van der Waals surface area contributed by atoms with E-state index >= 15 is 0 Å². The Morgan fingerprint density at radius 1 is 1.29 bits per heavy atom. The Morgan fingerprint density at radius 3 is 2.86 bits per heavy atom. The summed E-state index contributed by atoms with van der Waals surface area (Å²) in [5.41, 5.74) is -0.802. The summed E-state index contributed by atoms with van der Waals surface area (Å²) in [6.45, 7) is 0. The van der Waals surface area contributed by atoms with Crippen LogP contribution in [0.4, 0.5) is 0 Å². The number of hydroxylamine groups is 1. The zero-order chi connectivity index (χ0) is 9.60. The van der Waals surface area contributed by atoms with Gasteiger partial charge in [-0.3, -0.25) is 0 Å². The van der Waals surface area contributed by atoms with E-state index < -0.39 is 5.66 Å². The SMILES string of the molecule is [O-][N+]1=c2ccccc2=CC12C=CC=N2. The molecule has 0 aliphatic carbocycles. The molecule has 1 spiro atoms. The third kappa shape index (κ3) is 0.763. The van der Waals surface area contributed by atoms with E-state index in [1.54, 1.807) is 18.4 Å². The minimum absolute atomic E-state index is 0.691. The van der Waals surface area contributed by atoms with Gasteiger partial charge in [0, 0.05) is 24.4 Å². The van der Waals surface area contributed by atoms with E-state index in [0.717, 1.165) is 9.96 Å². The maximum atomic E-state index is 11.9. The van der Waals surface area contributed by atoms with Crippen LogP contribution in [-0.4, -0.2) is 11.9 Å². The highest BCUT2D eigenvalue weighted by molar-refractivity contribution is 5.78. The quantitative estimate of drug-likeness (QED) is 0.406. The number of aliphatic imine (C=N–C) groups is 1. The second-order valence-corrected chi connectivity index (χ2v) is 3.42. The van der Waals surface area contributed by atoms with Gasteiger partial charge in [-0.2, -0.15) is 4.74 Å². The third-order valence-electron chi connectivity index (χ3n) is 2.56. The minimum Gasteiger partial charge on any atom is -0.621 e. The van der Waals surface area contributed by atoms with Crippen molar-refractivity contribution in [2.75, 3.05) is 0 Å². The van der Waals surface area contributed by atoms with Crippen LogP contribution in [0.2, 0.25) is 0 Å². The van der Waals surface area contributed by atoms with Crippen molar-refractivity contribution in [3.63, 3.8) is 0 Å². The summed E-state index contributed by atoms with van der Waals surface area (Å²) < 4.78 is 0.947. The van der Waals surface area contributed by atoms with E-state index in [2.05, 4.69) is 4.99 Å². The average molecular weight is 184 g/mol. The van der Waals surface area contributed by atoms with E-state index in [0.29, 0.717) is 5.36 Å². The fourth-order valence-corrected chi connectivity index (χ4v) is 1.87. The lowest BCUT2D eigenvalue weighted by Gasteiger charge is -2.15. The van der Waals surface area contributed by atoms with Gasteiger partial charge >= 0.3 is 5.66 Å². The second kappa shape index (κ2) is 2.32. The molecule has 1 aromatic rings. The molecule has 0 fully saturated rings. The molecule has 1 aromatic carbocycles. The maximum absolute atomic E-state index is 11.9. The number of para-hydroxylation sites is 1. The van der Waals surface area contributed by atoms with Gasteiger partial charge in [0.15, 0.2) is 0 Å². The number of hydrogen-bond acceptors (Lipinski definition) is 2. The van der Waals surface area contributed by atoms with Crippen LogP contribution >= 0.6 is 0 Å². The van der Waals surface area contributed by atoms with Crippen molar-refractivity contribution in [1.82, 2.24) is 4.74 Å². The Morgan fingerprint density at radius 2 is 2.14 bits per heavy atom. The molecular weight excluding hydrogens is 176 g/mol. The highest BCUT2D eigenvalue weighted by Crippen LogP contribution is 2.19. The first-order chi connectivity index (χ1) is 6.82. The molecule has 68 valence electrons. The minimum atomic E-state index is -0.802. The molecule has 0 saturated heterocycles. The van der Waals surface area contributed by atoms with Gasteiger partial charge in [0.25, 0.3) is 0 Å². The van der Waals surface area contributed by atoms with Crippen molar-refractivity contribution in [2.45, 2.75) is 5.66 Å². The Kier molecular flexibility index (Phi) is 1.24. The molecule has 0 radical (unpaired) electrons. The summed E-state index contributed by atoms with van der Waals surface area (Å²) in [6.07, 6.45) is 7.15. The van der Waals surface area contributed by atoms with E-state index in [4.69, 9.17) is 0 Å². The number of hydrogen-bond donors (Lipinski definition) is 0. The van der Waals surface area contributed by atoms with Crippen LogP contribution in [-0.2, 0) is 0 Å². The molecule has 2 aliphatic heterocycles. The Hall–Kier alpha value is -1.90. The highest BCUT2D eigenvalue weighted by atomic mass is 16.5. The van der Waals surface area contributed by atoms with Crippen molar-refractivity contribution >= 4 is 12.3 Å². The van der Waals surface area contributed by atoms with Crippen molar-refractivity contribution in [2.24, 2.45) is 4.99 Å². The predicted octanol–water partition coefficient (Wildman–Crippen LogP) is -0.194. The Balaban J connectivity index is 2.43. The van der Waals surface area contributed by atoms with Gasteiger partial charge in [0.05, 0.1) is 5.22 Å². The van der Waals surface area contributed by atoms with Crippen LogP contribution < -0.4 is 15.3 Å². The number of nitrogens with zero attached hydrogens (tertiary/aromatic N) is 2. The molecule has 3 nitrogen and oxygen atoms in total. The summed E-state index contributed by atoms with van der Waals surface area (Å²) in [5, 5.41) is 13.6. The van der Waals surface area contributed by atoms with Crippen LogP contribution in [0.25, 0.3) is 6.08 Å². The van der Waals surface area contributed by atoms with E-state index in [-0.39, 0.29) is 0 Å². The third-order valence-corrected chi connectivity index (χ3v) is 2.56. The molecule has 0 amide bonds. The zero-order valence-electron chi connectivity index (χ0n) is 7.42. The molecule has 3 rings (SSSR count). The molecule has 2 aliphatic rings. The van der Waals surface area contributed by atoms with Gasteiger partial charge in [-0.15, -0.1) is 0 Å². The largest absolute Gasteiger partial charge is 0.621 e.